The summed E-state index contributed by atoms with van der Waals surface area (Å²) < 4.78 is 0. The molecular weight excluding hydrogens is 208 g/mol. The van der Waals surface area contributed by atoms with Gasteiger partial charge in [0, 0.05) is 19.1 Å². The van der Waals surface area contributed by atoms with Gasteiger partial charge in [-0.05, 0) is 32.0 Å². The molecule has 1 fully saturated rings. The molecule has 1 aliphatic heterocycles. The molecule has 1 heterocycles. The van der Waals surface area contributed by atoms with Gasteiger partial charge in [-0.2, -0.15) is 0 Å². The van der Waals surface area contributed by atoms with Crippen molar-refractivity contribution in [3.8, 4) is 0 Å². The molecule has 1 atom stereocenters. The molecular formula is C15H22N2. The first kappa shape index (κ1) is 12.3. The van der Waals surface area contributed by atoms with Gasteiger partial charge in [0.15, 0.2) is 0 Å². The Morgan fingerprint density at radius 3 is 2.88 bits per heavy atom. The van der Waals surface area contributed by atoms with Crippen LogP contribution in [0, 0.1) is 0 Å². The SMILES string of the molecule is CN(C/C=C/c1ccccc1)CC1CCCN1. The number of hydrogen-bond donors (Lipinski definition) is 1. The Hall–Kier alpha value is -1.12. The summed E-state index contributed by atoms with van der Waals surface area (Å²) in [6.07, 6.45) is 7.09. The molecule has 2 nitrogen and oxygen atoms in total. The van der Waals surface area contributed by atoms with E-state index in [-0.39, 0.29) is 0 Å². The third kappa shape index (κ3) is 4.33. The van der Waals surface area contributed by atoms with E-state index in [1.807, 2.05) is 0 Å². The molecule has 92 valence electrons. The van der Waals surface area contributed by atoms with E-state index >= 15 is 0 Å². The first-order valence-corrected chi connectivity index (χ1v) is 6.48. The van der Waals surface area contributed by atoms with Crippen molar-refractivity contribution in [2.75, 3.05) is 26.7 Å². The van der Waals surface area contributed by atoms with Crippen LogP contribution >= 0.6 is 0 Å². The van der Waals surface area contributed by atoms with Crippen LogP contribution in [-0.2, 0) is 0 Å². The van der Waals surface area contributed by atoms with Crippen LogP contribution in [0.5, 0.6) is 0 Å². The first-order chi connectivity index (χ1) is 8.34. The lowest BCUT2D eigenvalue weighted by molar-refractivity contribution is 0.329. The average molecular weight is 230 g/mol. The van der Waals surface area contributed by atoms with E-state index in [2.05, 4.69) is 59.7 Å². The predicted octanol–water partition coefficient (Wildman–Crippen LogP) is 2.38. The van der Waals surface area contributed by atoms with Crippen LogP contribution in [0.3, 0.4) is 0 Å². The van der Waals surface area contributed by atoms with Gasteiger partial charge in [-0.15, -0.1) is 0 Å². The first-order valence-electron chi connectivity index (χ1n) is 6.48. The van der Waals surface area contributed by atoms with Crippen LogP contribution in [0.4, 0.5) is 0 Å². The van der Waals surface area contributed by atoms with Crippen LogP contribution in [0.2, 0.25) is 0 Å². The zero-order valence-corrected chi connectivity index (χ0v) is 10.6. The normalized spacial score (nSPS) is 20.5. The standard InChI is InChI=1S/C15H22N2/c1-17(13-15-10-5-11-16-15)12-6-9-14-7-3-2-4-8-14/h2-4,6-9,15-16H,5,10-13H2,1H3/b9-6+. The Labute approximate surface area is 104 Å². The lowest BCUT2D eigenvalue weighted by Crippen LogP contribution is -2.35. The minimum absolute atomic E-state index is 0.699. The molecule has 0 radical (unpaired) electrons. The van der Waals surface area contributed by atoms with Crippen molar-refractivity contribution in [1.82, 2.24) is 10.2 Å². The summed E-state index contributed by atoms with van der Waals surface area (Å²) in [4.78, 5) is 2.38. The molecule has 2 rings (SSSR count). The maximum Gasteiger partial charge on any atom is 0.0195 e. The molecule has 0 amide bonds. The van der Waals surface area contributed by atoms with E-state index in [0.717, 1.165) is 13.1 Å². The Morgan fingerprint density at radius 2 is 2.18 bits per heavy atom. The molecule has 1 unspecified atom stereocenters. The van der Waals surface area contributed by atoms with Crippen molar-refractivity contribution in [1.29, 1.82) is 0 Å². The highest BCUT2D eigenvalue weighted by atomic mass is 15.1. The Bertz CT molecular complexity index is 339. The lowest BCUT2D eigenvalue weighted by Gasteiger charge is -2.19. The highest BCUT2D eigenvalue weighted by Crippen LogP contribution is 2.06. The predicted molar refractivity (Wildman–Crippen MR) is 74.0 cm³/mol. The topological polar surface area (TPSA) is 15.3 Å². The molecule has 0 aromatic heterocycles. The summed E-state index contributed by atoms with van der Waals surface area (Å²) in [7, 11) is 2.19. The second-order valence-corrected chi connectivity index (χ2v) is 4.83. The molecule has 0 aliphatic carbocycles. The van der Waals surface area contributed by atoms with Gasteiger partial charge >= 0.3 is 0 Å². The van der Waals surface area contributed by atoms with Gasteiger partial charge in [-0.25, -0.2) is 0 Å². The minimum Gasteiger partial charge on any atom is -0.313 e. The zero-order chi connectivity index (χ0) is 11.9. The summed E-state index contributed by atoms with van der Waals surface area (Å²) in [5, 5.41) is 3.53. The molecule has 1 aromatic rings. The summed E-state index contributed by atoms with van der Waals surface area (Å²) in [5.41, 5.74) is 1.28. The Kier molecular flexibility index (Phi) is 4.77. The van der Waals surface area contributed by atoms with Crippen LogP contribution < -0.4 is 5.32 Å². The molecule has 0 spiro atoms. The van der Waals surface area contributed by atoms with Gasteiger partial charge in [0.1, 0.15) is 0 Å². The summed E-state index contributed by atoms with van der Waals surface area (Å²) in [6, 6.07) is 11.2. The monoisotopic (exact) mass is 230 g/mol. The molecule has 0 bridgehead atoms. The van der Waals surface area contributed by atoms with Gasteiger partial charge in [0.25, 0.3) is 0 Å². The van der Waals surface area contributed by atoms with Crippen molar-refractivity contribution in [3.63, 3.8) is 0 Å². The Morgan fingerprint density at radius 1 is 1.35 bits per heavy atom. The second kappa shape index (κ2) is 6.58. The van der Waals surface area contributed by atoms with Gasteiger partial charge in [-0.3, -0.25) is 0 Å². The zero-order valence-electron chi connectivity index (χ0n) is 10.6. The highest BCUT2D eigenvalue weighted by molar-refractivity contribution is 5.48. The van der Waals surface area contributed by atoms with Gasteiger partial charge in [0.2, 0.25) is 0 Å². The fourth-order valence-electron chi connectivity index (χ4n) is 2.30. The number of likely N-dealkylation sites (N-methyl/N-ethyl adjacent to an activating group) is 1. The summed E-state index contributed by atoms with van der Waals surface area (Å²) >= 11 is 0. The highest BCUT2D eigenvalue weighted by Gasteiger charge is 2.14. The smallest absolute Gasteiger partial charge is 0.0195 e. The van der Waals surface area contributed by atoms with E-state index in [0.29, 0.717) is 6.04 Å². The fraction of sp³-hybridized carbons (Fsp3) is 0.467. The van der Waals surface area contributed by atoms with E-state index in [4.69, 9.17) is 0 Å². The third-order valence-corrected chi connectivity index (χ3v) is 3.22. The van der Waals surface area contributed by atoms with Crippen molar-refractivity contribution < 1.29 is 0 Å². The van der Waals surface area contributed by atoms with Crippen molar-refractivity contribution in [2.24, 2.45) is 0 Å². The Balaban J connectivity index is 1.72. The van der Waals surface area contributed by atoms with E-state index in [1.54, 1.807) is 0 Å². The van der Waals surface area contributed by atoms with Gasteiger partial charge < -0.3 is 10.2 Å². The number of benzene rings is 1. The second-order valence-electron chi connectivity index (χ2n) is 4.83. The quantitative estimate of drug-likeness (QED) is 0.835. The van der Waals surface area contributed by atoms with Crippen LogP contribution in [-0.4, -0.2) is 37.6 Å². The number of nitrogens with one attached hydrogen (secondary N) is 1. The van der Waals surface area contributed by atoms with Crippen LogP contribution in [0.15, 0.2) is 36.4 Å². The third-order valence-electron chi connectivity index (χ3n) is 3.22. The molecule has 1 N–H and O–H groups in total. The molecule has 0 saturated carbocycles. The van der Waals surface area contributed by atoms with E-state index in [1.165, 1.54) is 24.9 Å². The van der Waals surface area contributed by atoms with E-state index in [9.17, 15) is 0 Å². The number of nitrogens with zero attached hydrogens (tertiary/aromatic N) is 1. The van der Waals surface area contributed by atoms with E-state index < -0.39 is 0 Å². The summed E-state index contributed by atoms with van der Waals surface area (Å²) in [6.45, 7) is 3.37. The molecule has 1 aromatic carbocycles. The van der Waals surface area contributed by atoms with Crippen molar-refractivity contribution in [3.05, 3.63) is 42.0 Å². The van der Waals surface area contributed by atoms with Crippen molar-refractivity contribution in [2.45, 2.75) is 18.9 Å². The van der Waals surface area contributed by atoms with Gasteiger partial charge in [0.05, 0.1) is 0 Å². The molecule has 1 aliphatic rings. The maximum atomic E-state index is 3.53. The van der Waals surface area contributed by atoms with Crippen LogP contribution in [0.25, 0.3) is 6.08 Å². The van der Waals surface area contributed by atoms with Crippen LogP contribution in [0.1, 0.15) is 18.4 Å². The average Bonchev–Trinajstić information content (AvgIpc) is 2.83. The van der Waals surface area contributed by atoms with Crippen molar-refractivity contribution >= 4 is 6.08 Å². The lowest BCUT2D eigenvalue weighted by atomic mass is 10.2. The van der Waals surface area contributed by atoms with Gasteiger partial charge in [-0.1, -0.05) is 42.5 Å². The summed E-state index contributed by atoms with van der Waals surface area (Å²) in [5.74, 6) is 0. The molecule has 1 saturated heterocycles. The number of rotatable bonds is 5. The molecule has 2 heteroatoms. The number of hydrogen-bond acceptors (Lipinski definition) is 2. The minimum atomic E-state index is 0.699. The maximum absolute atomic E-state index is 3.53. The fourth-order valence-corrected chi connectivity index (χ4v) is 2.30. The largest absolute Gasteiger partial charge is 0.313 e. The molecule has 17 heavy (non-hydrogen) atoms.